The molecule has 1 aliphatic heterocycles. The van der Waals surface area contributed by atoms with Gasteiger partial charge in [0, 0.05) is 43.3 Å². The van der Waals surface area contributed by atoms with Gasteiger partial charge in [-0.15, -0.1) is 0 Å². The fourth-order valence-electron chi connectivity index (χ4n) is 3.99. The first kappa shape index (κ1) is 25.2. The maximum Gasteiger partial charge on any atom is 0.257 e. The van der Waals surface area contributed by atoms with Crippen LogP contribution in [0.1, 0.15) is 27.6 Å². The quantitative estimate of drug-likeness (QED) is 0.390. The molecule has 1 atom stereocenters. The van der Waals surface area contributed by atoms with E-state index in [1.54, 1.807) is 24.3 Å². The molecule has 0 aliphatic carbocycles. The summed E-state index contributed by atoms with van der Waals surface area (Å²) in [7, 11) is 0. The molecule has 1 heterocycles. The third-order valence-electron chi connectivity index (χ3n) is 6.00. The number of rotatable bonds is 7. The third-order valence-corrected chi connectivity index (χ3v) is 6.25. The third kappa shape index (κ3) is 6.01. The Morgan fingerprint density at radius 2 is 1.46 bits per heavy atom. The standard InChI is InChI=1S/C26H23ClF4N2O2/c27-18-9-7-17(8-10-18)24(35-16-20-21(28)4-2-5-22(20)29)15-32-11-13-33(14-12-32)26(34)19-3-1-6-23(30)25(19)31/h1-10,24H,11-16H2. The highest BCUT2D eigenvalue weighted by molar-refractivity contribution is 6.30. The van der Waals surface area contributed by atoms with Crippen LogP contribution in [0.4, 0.5) is 17.6 Å². The zero-order chi connectivity index (χ0) is 24.9. The van der Waals surface area contributed by atoms with Crippen molar-refractivity contribution in [2.45, 2.75) is 12.7 Å². The summed E-state index contributed by atoms with van der Waals surface area (Å²) in [5.74, 6) is -4.16. The van der Waals surface area contributed by atoms with Crippen LogP contribution in [-0.4, -0.2) is 48.4 Å². The average molecular weight is 507 g/mol. The lowest BCUT2D eigenvalue weighted by Gasteiger charge is -2.36. The minimum Gasteiger partial charge on any atom is -0.367 e. The number of hydrogen-bond acceptors (Lipinski definition) is 3. The lowest BCUT2D eigenvalue weighted by molar-refractivity contribution is 0.00140. The van der Waals surface area contributed by atoms with Gasteiger partial charge in [-0.05, 0) is 42.0 Å². The highest BCUT2D eigenvalue weighted by Gasteiger charge is 2.27. The first-order valence-electron chi connectivity index (χ1n) is 11.1. The van der Waals surface area contributed by atoms with Crippen molar-refractivity contribution in [2.24, 2.45) is 0 Å². The van der Waals surface area contributed by atoms with E-state index < -0.39 is 35.3 Å². The van der Waals surface area contributed by atoms with E-state index in [1.807, 2.05) is 4.90 Å². The Bertz CT molecular complexity index is 1160. The van der Waals surface area contributed by atoms with Crippen LogP contribution < -0.4 is 0 Å². The van der Waals surface area contributed by atoms with Crippen molar-refractivity contribution < 1.29 is 27.1 Å². The van der Waals surface area contributed by atoms with Gasteiger partial charge in [-0.1, -0.05) is 35.9 Å². The number of halogens is 5. The normalized spacial score (nSPS) is 15.3. The Kier molecular flexibility index (Phi) is 8.05. The maximum atomic E-state index is 14.1. The lowest BCUT2D eigenvalue weighted by Crippen LogP contribution is -2.49. The van der Waals surface area contributed by atoms with Gasteiger partial charge in [0.2, 0.25) is 0 Å². The molecule has 1 aliphatic rings. The second kappa shape index (κ2) is 11.2. The molecule has 0 radical (unpaired) electrons. The Balaban J connectivity index is 1.42. The highest BCUT2D eigenvalue weighted by Crippen LogP contribution is 2.25. The van der Waals surface area contributed by atoms with Gasteiger partial charge in [0.15, 0.2) is 11.6 Å². The zero-order valence-corrected chi connectivity index (χ0v) is 19.5. The largest absolute Gasteiger partial charge is 0.367 e. The van der Waals surface area contributed by atoms with Crippen molar-refractivity contribution in [3.8, 4) is 0 Å². The molecule has 1 fully saturated rings. The zero-order valence-electron chi connectivity index (χ0n) is 18.7. The monoisotopic (exact) mass is 506 g/mol. The van der Waals surface area contributed by atoms with Gasteiger partial charge >= 0.3 is 0 Å². The first-order chi connectivity index (χ1) is 16.8. The predicted molar refractivity (Wildman–Crippen MR) is 124 cm³/mol. The van der Waals surface area contributed by atoms with E-state index in [-0.39, 0.29) is 17.7 Å². The van der Waals surface area contributed by atoms with Gasteiger partial charge in [-0.3, -0.25) is 9.69 Å². The first-order valence-corrected chi connectivity index (χ1v) is 11.5. The molecule has 4 rings (SSSR count). The summed E-state index contributed by atoms with van der Waals surface area (Å²) >= 11 is 6.00. The van der Waals surface area contributed by atoms with E-state index in [0.717, 1.165) is 11.6 Å². The van der Waals surface area contributed by atoms with Gasteiger partial charge in [0.25, 0.3) is 5.91 Å². The number of carbonyl (C=O) groups excluding carboxylic acids is 1. The molecule has 1 unspecified atom stereocenters. The van der Waals surface area contributed by atoms with Gasteiger partial charge in [0.1, 0.15) is 11.6 Å². The molecule has 1 saturated heterocycles. The minimum absolute atomic E-state index is 0.154. The van der Waals surface area contributed by atoms with Gasteiger partial charge < -0.3 is 9.64 Å². The highest BCUT2D eigenvalue weighted by atomic mass is 35.5. The van der Waals surface area contributed by atoms with Crippen molar-refractivity contribution in [1.29, 1.82) is 0 Å². The summed E-state index contributed by atoms with van der Waals surface area (Å²) in [6.45, 7) is 1.68. The Morgan fingerprint density at radius 3 is 2.11 bits per heavy atom. The summed E-state index contributed by atoms with van der Waals surface area (Å²) < 4.78 is 61.7. The van der Waals surface area contributed by atoms with Crippen molar-refractivity contribution in [3.63, 3.8) is 0 Å². The molecule has 0 spiro atoms. The molecule has 3 aromatic carbocycles. The maximum absolute atomic E-state index is 14.1. The number of hydrogen-bond donors (Lipinski definition) is 0. The van der Waals surface area contributed by atoms with E-state index in [2.05, 4.69) is 0 Å². The number of carbonyl (C=O) groups is 1. The molecule has 3 aromatic rings. The van der Waals surface area contributed by atoms with Crippen molar-refractivity contribution in [2.75, 3.05) is 32.7 Å². The summed E-state index contributed by atoms with van der Waals surface area (Å²) in [5.41, 5.74) is 0.332. The SMILES string of the molecule is O=C(c1cccc(F)c1F)N1CCN(CC(OCc2c(F)cccc2F)c2ccc(Cl)cc2)CC1. The van der Waals surface area contributed by atoms with Crippen LogP contribution in [0.25, 0.3) is 0 Å². The molecule has 0 bridgehead atoms. The van der Waals surface area contributed by atoms with E-state index in [1.165, 1.54) is 35.2 Å². The number of nitrogens with zero attached hydrogens (tertiary/aromatic N) is 2. The molecule has 4 nitrogen and oxygen atoms in total. The predicted octanol–water partition coefficient (Wildman–Crippen LogP) is 5.61. The summed E-state index contributed by atoms with van der Waals surface area (Å²) in [4.78, 5) is 16.2. The minimum atomic E-state index is -1.16. The molecule has 0 aromatic heterocycles. The smallest absolute Gasteiger partial charge is 0.257 e. The summed E-state index contributed by atoms with van der Waals surface area (Å²) in [6, 6.07) is 14.2. The number of benzene rings is 3. The van der Waals surface area contributed by atoms with Gasteiger partial charge in [0.05, 0.1) is 18.3 Å². The van der Waals surface area contributed by atoms with Crippen molar-refractivity contribution in [1.82, 2.24) is 9.80 Å². The van der Waals surface area contributed by atoms with E-state index in [9.17, 15) is 22.4 Å². The molecule has 1 amide bonds. The van der Waals surface area contributed by atoms with E-state index in [0.29, 0.717) is 37.7 Å². The summed E-state index contributed by atoms with van der Waals surface area (Å²) in [5, 5.41) is 0.546. The van der Waals surface area contributed by atoms with Gasteiger partial charge in [-0.2, -0.15) is 0 Å². The van der Waals surface area contributed by atoms with Crippen molar-refractivity contribution in [3.05, 3.63) is 106 Å². The van der Waals surface area contributed by atoms with Crippen LogP contribution in [0.5, 0.6) is 0 Å². The van der Waals surface area contributed by atoms with Crippen molar-refractivity contribution >= 4 is 17.5 Å². The Morgan fingerprint density at radius 1 is 0.857 bits per heavy atom. The molecular formula is C26H23ClF4N2O2. The van der Waals surface area contributed by atoms with Crippen LogP contribution in [-0.2, 0) is 11.3 Å². The number of amides is 1. The second-order valence-corrected chi connectivity index (χ2v) is 8.68. The topological polar surface area (TPSA) is 32.8 Å². The van der Waals surface area contributed by atoms with Crippen LogP contribution in [0, 0.1) is 23.3 Å². The fourth-order valence-corrected chi connectivity index (χ4v) is 4.12. The molecule has 9 heteroatoms. The Hall–Kier alpha value is -2.94. The van der Waals surface area contributed by atoms with Crippen LogP contribution in [0.15, 0.2) is 60.7 Å². The fraction of sp³-hybridized carbons (Fsp3) is 0.269. The van der Waals surface area contributed by atoms with Crippen LogP contribution >= 0.6 is 11.6 Å². The van der Waals surface area contributed by atoms with Crippen LogP contribution in [0.2, 0.25) is 5.02 Å². The number of ether oxygens (including phenoxy) is 1. The average Bonchev–Trinajstić information content (AvgIpc) is 2.85. The molecular weight excluding hydrogens is 484 g/mol. The molecule has 35 heavy (non-hydrogen) atoms. The van der Waals surface area contributed by atoms with E-state index in [4.69, 9.17) is 16.3 Å². The second-order valence-electron chi connectivity index (χ2n) is 8.25. The Labute approximate surface area is 205 Å². The van der Waals surface area contributed by atoms with Gasteiger partial charge in [-0.25, -0.2) is 17.6 Å². The molecule has 0 N–H and O–H groups in total. The lowest BCUT2D eigenvalue weighted by atomic mass is 10.1. The van der Waals surface area contributed by atoms with E-state index >= 15 is 0 Å². The summed E-state index contributed by atoms with van der Waals surface area (Å²) in [6.07, 6.45) is -0.519. The molecule has 184 valence electrons. The molecule has 0 saturated carbocycles. The van der Waals surface area contributed by atoms with Crippen LogP contribution in [0.3, 0.4) is 0 Å². The number of piperazine rings is 1.